The minimum atomic E-state index is -1.64. The van der Waals surface area contributed by atoms with Gasteiger partial charge in [-0.25, -0.2) is 9.78 Å². The molecule has 10 heteroatoms. The average Bonchev–Trinajstić information content (AvgIpc) is 2.66. The molecule has 0 bridgehead atoms. The summed E-state index contributed by atoms with van der Waals surface area (Å²) in [6, 6.07) is 5.22. The number of para-hydroxylation sites is 1. The summed E-state index contributed by atoms with van der Waals surface area (Å²) in [4.78, 5) is 32.8. The molecule has 0 spiro atoms. The molecular weight excluding hydrogens is 356 g/mol. The monoisotopic (exact) mass is 376 g/mol. The van der Waals surface area contributed by atoms with Gasteiger partial charge in [-0.3, -0.25) is 9.36 Å². The van der Waals surface area contributed by atoms with Crippen LogP contribution in [0.25, 0.3) is 22.6 Å². The summed E-state index contributed by atoms with van der Waals surface area (Å²) >= 11 is 0. The van der Waals surface area contributed by atoms with Crippen molar-refractivity contribution in [3.05, 3.63) is 44.6 Å². The Morgan fingerprint density at radius 1 is 1.11 bits per heavy atom. The van der Waals surface area contributed by atoms with Crippen molar-refractivity contribution in [1.29, 1.82) is 0 Å². The van der Waals surface area contributed by atoms with Gasteiger partial charge in [0.15, 0.2) is 11.5 Å². The van der Waals surface area contributed by atoms with E-state index >= 15 is 0 Å². The zero-order valence-electron chi connectivity index (χ0n) is 14.8. The molecule has 0 unspecified atom stereocenters. The largest absolute Gasteiger partial charge is 0.394 e. The summed E-state index contributed by atoms with van der Waals surface area (Å²) in [6.07, 6.45) is -4.67. The minimum Gasteiger partial charge on any atom is -0.394 e. The molecule has 27 heavy (non-hydrogen) atoms. The maximum atomic E-state index is 12.5. The van der Waals surface area contributed by atoms with E-state index in [1.807, 2.05) is 0 Å². The van der Waals surface area contributed by atoms with Gasteiger partial charge in [0.25, 0.3) is 5.56 Å². The molecule has 4 N–H and O–H groups in total. The van der Waals surface area contributed by atoms with Crippen molar-refractivity contribution in [3.8, 4) is 11.5 Å². The fraction of sp³-hybridized carbons (Fsp3) is 0.412. The van der Waals surface area contributed by atoms with Crippen molar-refractivity contribution in [2.75, 3.05) is 6.61 Å². The molecule has 0 radical (unpaired) electrons. The first-order chi connectivity index (χ1) is 12.8. The zero-order valence-corrected chi connectivity index (χ0v) is 14.8. The van der Waals surface area contributed by atoms with Crippen LogP contribution in [0.2, 0.25) is 0 Å². The molecule has 2 aliphatic rings. The van der Waals surface area contributed by atoms with Crippen LogP contribution in [0.1, 0.15) is 5.56 Å². The van der Waals surface area contributed by atoms with E-state index in [2.05, 4.69) is 9.97 Å². The van der Waals surface area contributed by atoms with Crippen molar-refractivity contribution < 1.29 is 20.4 Å². The van der Waals surface area contributed by atoms with Crippen LogP contribution in [-0.2, 0) is 13.6 Å². The number of fused-ring (bicyclic) bond motifs is 2. The summed E-state index contributed by atoms with van der Waals surface area (Å²) in [7, 11) is 1.29. The third kappa shape index (κ3) is 3.23. The maximum Gasteiger partial charge on any atom is 0.352 e. The smallest absolute Gasteiger partial charge is 0.352 e. The van der Waals surface area contributed by atoms with Crippen molar-refractivity contribution in [1.82, 2.24) is 19.1 Å². The number of rotatable bonds is 5. The van der Waals surface area contributed by atoms with Crippen molar-refractivity contribution in [3.63, 3.8) is 0 Å². The summed E-state index contributed by atoms with van der Waals surface area (Å²) < 4.78 is 2.25. The number of benzene rings is 1. The highest BCUT2D eigenvalue weighted by molar-refractivity contribution is 5.82. The standard InChI is InChI=1S/C17H20N4O6/c1-8-4-3-5-9-12(8)18-13-15(19-17(27)20(2)16(13)26)21(9)6-10(23)14(25)11(24)7-22/h3-5,10-11,14,22-25H,6-7H2,1-2H3/t10-,11+,14-/m0/s1. The highest BCUT2D eigenvalue weighted by Gasteiger charge is 2.28. The Kier molecular flexibility index (Phi) is 5.07. The number of hydrogen-bond acceptors (Lipinski definition) is 8. The Morgan fingerprint density at radius 3 is 2.48 bits per heavy atom. The third-order valence-electron chi connectivity index (χ3n) is 4.54. The Balaban J connectivity index is 2.29. The van der Waals surface area contributed by atoms with Gasteiger partial charge in [0, 0.05) is 7.05 Å². The first-order valence-electron chi connectivity index (χ1n) is 8.28. The molecule has 10 nitrogen and oxygen atoms in total. The van der Waals surface area contributed by atoms with Crippen LogP contribution in [0.4, 0.5) is 0 Å². The van der Waals surface area contributed by atoms with Gasteiger partial charge >= 0.3 is 5.69 Å². The molecule has 2 heterocycles. The quantitative estimate of drug-likeness (QED) is 0.373. The zero-order chi connectivity index (χ0) is 19.9. The van der Waals surface area contributed by atoms with Gasteiger partial charge < -0.3 is 25.0 Å². The molecule has 0 fully saturated rings. The van der Waals surface area contributed by atoms with Crippen LogP contribution >= 0.6 is 0 Å². The van der Waals surface area contributed by atoms with Gasteiger partial charge in [0.2, 0.25) is 0 Å². The summed E-state index contributed by atoms with van der Waals surface area (Å²) in [6.45, 7) is 0.784. The van der Waals surface area contributed by atoms with Gasteiger partial charge in [0.1, 0.15) is 18.3 Å². The minimum absolute atomic E-state index is 0.0362. The number of nitrogens with zero attached hydrogens (tertiary/aromatic N) is 4. The molecule has 1 aromatic rings. The lowest BCUT2D eigenvalue weighted by Crippen LogP contribution is -2.43. The molecular formula is C17H20N4O6. The van der Waals surface area contributed by atoms with E-state index in [0.29, 0.717) is 11.0 Å². The van der Waals surface area contributed by atoms with E-state index < -0.39 is 36.2 Å². The second-order valence-corrected chi connectivity index (χ2v) is 6.40. The highest BCUT2D eigenvalue weighted by atomic mass is 16.4. The molecule has 0 aromatic heterocycles. The number of aliphatic hydroxyl groups excluding tert-OH is 4. The van der Waals surface area contributed by atoms with Gasteiger partial charge in [-0.15, -0.1) is 0 Å². The van der Waals surface area contributed by atoms with E-state index in [1.54, 1.807) is 25.1 Å². The average molecular weight is 376 g/mol. The Bertz CT molecular complexity index is 1080. The lowest BCUT2D eigenvalue weighted by atomic mass is 10.1. The number of aliphatic hydroxyl groups is 4. The Morgan fingerprint density at radius 2 is 1.81 bits per heavy atom. The fourth-order valence-electron chi connectivity index (χ4n) is 2.92. The number of aryl methyl sites for hydroxylation is 1. The summed E-state index contributed by atoms with van der Waals surface area (Å²) in [5.74, 6) is -0.0362. The van der Waals surface area contributed by atoms with E-state index in [-0.39, 0.29) is 18.1 Å². The lowest BCUT2D eigenvalue weighted by molar-refractivity contribution is -0.0802. The second-order valence-electron chi connectivity index (χ2n) is 6.40. The topological polar surface area (TPSA) is 151 Å². The van der Waals surface area contributed by atoms with Gasteiger partial charge in [-0.2, -0.15) is 4.98 Å². The van der Waals surface area contributed by atoms with E-state index in [9.17, 15) is 24.9 Å². The SMILES string of the molecule is Cc1cccc2c1nc1c(=O)n(C)c(=O)nc-1n2C[C@H](O)[C@H](O)[C@H](O)CO. The van der Waals surface area contributed by atoms with Crippen molar-refractivity contribution in [2.45, 2.75) is 31.8 Å². The van der Waals surface area contributed by atoms with Crippen LogP contribution < -0.4 is 11.2 Å². The molecule has 0 aliphatic carbocycles. The molecule has 0 saturated heterocycles. The van der Waals surface area contributed by atoms with Crippen molar-refractivity contribution in [2.24, 2.45) is 7.05 Å². The molecule has 3 rings (SSSR count). The molecule has 1 aromatic carbocycles. The molecule has 144 valence electrons. The van der Waals surface area contributed by atoms with E-state index in [4.69, 9.17) is 5.11 Å². The van der Waals surface area contributed by atoms with Crippen LogP contribution in [0.15, 0.2) is 27.8 Å². The molecule has 0 amide bonds. The summed E-state index contributed by atoms with van der Waals surface area (Å²) in [5, 5.41) is 38.8. The molecule has 3 atom stereocenters. The van der Waals surface area contributed by atoms with Crippen LogP contribution in [0.5, 0.6) is 0 Å². The van der Waals surface area contributed by atoms with Gasteiger partial charge in [0.05, 0.1) is 24.2 Å². The first kappa shape index (κ1) is 19.1. The predicted molar refractivity (Wildman–Crippen MR) is 95.5 cm³/mol. The maximum absolute atomic E-state index is 12.5. The second kappa shape index (κ2) is 7.16. The molecule has 0 saturated carbocycles. The first-order valence-corrected chi connectivity index (χ1v) is 8.28. The van der Waals surface area contributed by atoms with Crippen molar-refractivity contribution >= 4 is 11.0 Å². The van der Waals surface area contributed by atoms with Crippen LogP contribution in [0.3, 0.4) is 0 Å². The highest BCUT2D eigenvalue weighted by Crippen LogP contribution is 2.24. The molecule has 2 aliphatic heterocycles. The number of aromatic nitrogens is 4. The summed E-state index contributed by atoms with van der Waals surface area (Å²) in [5.41, 5.74) is 0.277. The number of hydrogen-bond donors (Lipinski definition) is 4. The van der Waals surface area contributed by atoms with Crippen LogP contribution in [-0.4, -0.2) is 64.4 Å². The predicted octanol–water partition coefficient (Wildman–Crippen LogP) is -2.02. The van der Waals surface area contributed by atoms with E-state index in [1.165, 1.54) is 11.6 Å². The normalized spacial score (nSPS) is 15.2. The van der Waals surface area contributed by atoms with Gasteiger partial charge in [-0.1, -0.05) is 12.1 Å². The van der Waals surface area contributed by atoms with Crippen LogP contribution in [0, 0.1) is 6.92 Å². The Hall–Kier alpha value is -2.66. The third-order valence-corrected chi connectivity index (χ3v) is 4.54. The van der Waals surface area contributed by atoms with E-state index in [0.717, 1.165) is 10.1 Å². The van der Waals surface area contributed by atoms with Gasteiger partial charge in [-0.05, 0) is 18.6 Å². The lowest BCUT2D eigenvalue weighted by Gasteiger charge is -2.25. The fourth-order valence-corrected chi connectivity index (χ4v) is 2.92. The Labute approximate surface area is 153 Å².